The lowest BCUT2D eigenvalue weighted by atomic mass is 9.82. The monoisotopic (exact) mass is 237 g/mol. The summed E-state index contributed by atoms with van der Waals surface area (Å²) in [4.78, 5) is 2.57. The minimum atomic E-state index is -0.00472. The van der Waals surface area contributed by atoms with Crippen LogP contribution in [0.15, 0.2) is 0 Å². The Hall–Kier alpha value is -0.0800. The molecule has 17 heavy (non-hydrogen) atoms. The van der Waals surface area contributed by atoms with Gasteiger partial charge in [-0.3, -0.25) is 0 Å². The van der Waals surface area contributed by atoms with Crippen molar-refractivity contribution in [2.75, 3.05) is 7.05 Å². The predicted octanol–water partition coefficient (Wildman–Crippen LogP) is 2.80. The average molecular weight is 237 g/mol. The average Bonchev–Trinajstić information content (AvgIpc) is 2.86. The van der Waals surface area contributed by atoms with Crippen LogP contribution in [-0.4, -0.2) is 35.2 Å². The van der Waals surface area contributed by atoms with Gasteiger partial charge in [0.25, 0.3) is 0 Å². The Morgan fingerprint density at radius 3 is 2.24 bits per heavy atom. The van der Waals surface area contributed by atoms with Gasteiger partial charge in [0.15, 0.2) is 0 Å². The summed E-state index contributed by atoms with van der Waals surface area (Å²) in [5, 5.41) is 10.5. The van der Waals surface area contributed by atoms with Gasteiger partial charge in [-0.15, -0.1) is 0 Å². The van der Waals surface area contributed by atoms with Crippen LogP contribution in [0.1, 0.15) is 57.8 Å². The van der Waals surface area contributed by atoms with Gasteiger partial charge < -0.3 is 10.0 Å². The van der Waals surface area contributed by atoms with Gasteiger partial charge in [0.05, 0.1) is 6.10 Å². The van der Waals surface area contributed by atoms with Crippen LogP contribution in [0.5, 0.6) is 0 Å². The highest BCUT2D eigenvalue weighted by Gasteiger charge is 2.40. The van der Waals surface area contributed by atoms with E-state index in [4.69, 9.17) is 0 Å². The summed E-state index contributed by atoms with van der Waals surface area (Å²) in [6.45, 7) is 0. The third-order valence-corrected chi connectivity index (χ3v) is 5.73. The maximum atomic E-state index is 10.5. The van der Waals surface area contributed by atoms with Gasteiger partial charge in [-0.2, -0.15) is 0 Å². The topological polar surface area (TPSA) is 23.5 Å². The fourth-order valence-electron chi connectivity index (χ4n) is 4.55. The Kier molecular flexibility index (Phi) is 3.45. The zero-order valence-corrected chi connectivity index (χ0v) is 11.1. The first-order chi connectivity index (χ1) is 8.24. The normalized spacial score (nSPS) is 40.9. The summed E-state index contributed by atoms with van der Waals surface area (Å²) < 4.78 is 0. The van der Waals surface area contributed by atoms with Crippen LogP contribution in [0.4, 0.5) is 0 Å². The van der Waals surface area contributed by atoms with E-state index in [1.165, 1.54) is 51.4 Å². The molecule has 3 aliphatic rings. The quantitative estimate of drug-likeness (QED) is 0.816. The first-order valence-electron chi connectivity index (χ1n) is 7.64. The van der Waals surface area contributed by atoms with Crippen LogP contribution >= 0.6 is 0 Å². The second kappa shape index (κ2) is 4.89. The molecule has 2 heteroatoms. The lowest BCUT2D eigenvalue weighted by molar-refractivity contribution is 0.0230. The zero-order chi connectivity index (χ0) is 11.8. The van der Waals surface area contributed by atoms with Crippen molar-refractivity contribution in [2.45, 2.75) is 76.0 Å². The standard InChI is InChI=1S/C15H27NO/c1-16-13-6-7-14(16)10-12(9-13)15(17)8-11-4-2-3-5-11/h11-15,17H,2-10H2,1H3. The van der Waals surface area contributed by atoms with E-state index in [2.05, 4.69) is 11.9 Å². The summed E-state index contributed by atoms with van der Waals surface area (Å²) in [7, 11) is 2.28. The zero-order valence-electron chi connectivity index (χ0n) is 11.1. The maximum absolute atomic E-state index is 10.5. The Morgan fingerprint density at radius 2 is 1.65 bits per heavy atom. The highest BCUT2D eigenvalue weighted by Crippen LogP contribution is 2.40. The molecular weight excluding hydrogens is 210 g/mol. The number of hydrogen-bond acceptors (Lipinski definition) is 2. The number of nitrogens with zero attached hydrogens (tertiary/aromatic N) is 1. The van der Waals surface area contributed by atoms with Crippen LogP contribution in [0.25, 0.3) is 0 Å². The summed E-state index contributed by atoms with van der Waals surface area (Å²) in [6, 6.07) is 1.55. The van der Waals surface area contributed by atoms with E-state index < -0.39 is 0 Å². The van der Waals surface area contributed by atoms with Gasteiger partial charge >= 0.3 is 0 Å². The van der Waals surface area contributed by atoms with Gasteiger partial charge in [0.2, 0.25) is 0 Å². The van der Waals surface area contributed by atoms with E-state index in [0.717, 1.165) is 24.4 Å². The third-order valence-electron chi connectivity index (χ3n) is 5.73. The van der Waals surface area contributed by atoms with E-state index in [-0.39, 0.29) is 6.10 Å². The largest absolute Gasteiger partial charge is 0.393 e. The van der Waals surface area contributed by atoms with Crippen LogP contribution in [0, 0.1) is 11.8 Å². The number of hydrogen-bond donors (Lipinski definition) is 1. The fourth-order valence-corrected chi connectivity index (χ4v) is 4.55. The molecule has 2 bridgehead atoms. The molecular formula is C15H27NO. The molecule has 0 amide bonds. The Bertz CT molecular complexity index is 248. The van der Waals surface area contributed by atoms with Crippen molar-refractivity contribution in [1.82, 2.24) is 4.90 Å². The minimum absolute atomic E-state index is 0.00472. The summed E-state index contributed by atoms with van der Waals surface area (Å²) in [5.74, 6) is 1.44. The summed E-state index contributed by atoms with van der Waals surface area (Å²) in [6.07, 6.45) is 11.9. The van der Waals surface area contributed by atoms with Gasteiger partial charge in [-0.25, -0.2) is 0 Å². The molecule has 3 unspecified atom stereocenters. The number of fused-ring (bicyclic) bond motifs is 2. The molecule has 0 aromatic carbocycles. The molecule has 2 heterocycles. The van der Waals surface area contributed by atoms with Crippen molar-refractivity contribution in [2.24, 2.45) is 11.8 Å². The molecule has 0 aromatic heterocycles. The molecule has 1 saturated carbocycles. The highest BCUT2D eigenvalue weighted by atomic mass is 16.3. The van der Waals surface area contributed by atoms with Crippen molar-refractivity contribution in [3.8, 4) is 0 Å². The van der Waals surface area contributed by atoms with Crippen molar-refractivity contribution < 1.29 is 5.11 Å². The second-order valence-electron chi connectivity index (χ2n) is 6.74. The molecule has 3 fully saturated rings. The molecule has 0 spiro atoms. The summed E-state index contributed by atoms with van der Waals surface area (Å²) in [5.41, 5.74) is 0. The van der Waals surface area contributed by atoms with Gasteiger partial charge in [-0.05, 0) is 51.0 Å². The molecule has 1 N–H and O–H groups in total. The molecule has 98 valence electrons. The van der Waals surface area contributed by atoms with Crippen molar-refractivity contribution >= 4 is 0 Å². The smallest absolute Gasteiger partial charge is 0.0572 e. The van der Waals surface area contributed by atoms with Crippen LogP contribution < -0.4 is 0 Å². The summed E-state index contributed by atoms with van der Waals surface area (Å²) >= 11 is 0. The number of rotatable bonds is 3. The molecule has 2 nitrogen and oxygen atoms in total. The molecule has 3 rings (SSSR count). The van der Waals surface area contributed by atoms with Crippen molar-refractivity contribution in [3.05, 3.63) is 0 Å². The van der Waals surface area contributed by atoms with Gasteiger partial charge in [0, 0.05) is 12.1 Å². The van der Waals surface area contributed by atoms with E-state index in [0.29, 0.717) is 5.92 Å². The molecule has 2 saturated heterocycles. The number of piperidine rings is 1. The Morgan fingerprint density at radius 1 is 1.06 bits per heavy atom. The number of aliphatic hydroxyl groups excluding tert-OH is 1. The van der Waals surface area contributed by atoms with Gasteiger partial charge in [-0.1, -0.05) is 25.7 Å². The fraction of sp³-hybridized carbons (Fsp3) is 1.00. The van der Waals surface area contributed by atoms with E-state index in [9.17, 15) is 5.11 Å². The van der Waals surface area contributed by atoms with Crippen molar-refractivity contribution in [3.63, 3.8) is 0 Å². The third kappa shape index (κ3) is 2.39. The Balaban J connectivity index is 1.54. The van der Waals surface area contributed by atoms with Crippen LogP contribution in [0.2, 0.25) is 0 Å². The lowest BCUT2D eigenvalue weighted by Gasteiger charge is -2.38. The van der Waals surface area contributed by atoms with Gasteiger partial charge in [0.1, 0.15) is 0 Å². The molecule has 2 aliphatic heterocycles. The van der Waals surface area contributed by atoms with Crippen LogP contribution in [0.3, 0.4) is 0 Å². The maximum Gasteiger partial charge on any atom is 0.0572 e. The molecule has 0 aromatic rings. The predicted molar refractivity (Wildman–Crippen MR) is 69.9 cm³/mol. The van der Waals surface area contributed by atoms with Crippen molar-refractivity contribution in [1.29, 1.82) is 0 Å². The molecule has 3 atom stereocenters. The molecule has 0 radical (unpaired) electrons. The minimum Gasteiger partial charge on any atom is -0.393 e. The Labute approximate surface area is 105 Å². The first kappa shape index (κ1) is 12.0. The first-order valence-corrected chi connectivity index (χ1v) is 7.64. The second-order valence-corrected chi connectivity index (χ2v) is 6.74. The van der Waals surface area contributed by atoms with Crippen LogP contribution in [-0.2, 0) is 0 Å². The van der Waals surface area contributed by atoms with E-state index >= 15 is 0 Å². The SMILES string of the molecule is CN1C2CCC1CC(C(O)CC1CCCC1)C2. The van der Waals surface area contributed by atoms with E-state index in [1.54, 1.807) is 0 Å². The van der Waals surface area contributed by atoms with E-state index in [1.807, 2.05) is 0 Å². The molecule has 1 aliphatic carbocycles. The highest BCUT2D eigenvalue weighted by molar-refractivity contribution is 4.95. The lowest BCUT2D eigenvalue weighted by Crippen LogP contribution is -2.43. The number of aliphatic hydroxyl groups is 1.